The number of aromatic amines is 1. The average Bonchev–Trinajstić information content (AvgIpc) is 2.18. The zero-order valence-corrected chi connectivity index (χ0v) is 7.85. The van der Waals surface area contributed by atoms with E-state index in [1.54, 1.807) is 0 Å². The Bertz CT molecular complexity index is 479. The van der Waals surface area contributed by atoms with Gasteiger partial charge in [0.2, 0.25) is 0 Å². The van der Waals surface area contributed by atoms with Gasteiger partial charge in [-0.15, -0.1) is 13.2 Å². The Morgan fingerprint density at radius 3 is 2.35 bits per heavy atom. The van der Waals surface area contributed by atoms with Crippen molar-refractivity contribution in [1.29, 1.82) is 0 Å². The first-order chi connectivity index (χ1) is 7.74. The van der Waals surface area contributed by atoms with Gasteiger partial charge in [0.1, 0.15) is 0 Å². The zero-order chi connectivity index (χ0) is 13.2. The van der Waals surface area contributed by atoms with Gasteiger partial charge in [-0.1, -0.05) is 0 Å². The summed E-state index contributed by atoms with van der Waals surface area (Å²) in [5.74, 6) is -1.27. The minimum absolute atomic E-state index is 0.110. The molecule has 1 heterocycles. The second kappa shape index (κ2) is 4.52. The van der Waals surface area contributed by atoms with Crippen molar-refractivity contribution in [3.63, 3.8) is 0 Å². The fourth-order valence-electron chi connectivity index (χ4n) is 1.02. The number of nitrogens with one attached hydrogen (secondary N) is 1. The molecule has 0 aliphatic heterocycles. The van der Waals surface area contributed by atoms with E-state index in [9.17, 15) is 31.5 Å². The summed E-state index contributed by atoms with van der Waals surface area (Å²) < 4.78 is 63.2. The Morgan fingerprint density at radius 2 is 1.94 bits per heavy atom. The molecule has 0 saturated heterocycles. The van der Waals surface area contributed by atoms with E-state index in [0.717, 1.165) is 0 Å². The van der Waals surface area contributed by atoms with Crippen molar-refractivity contribution in [2.45, 2.75) is 12.8 Å². The summed E-state index contributed by atoms with van der Waals surface area (Å²) in [6.07, 6.45) is -8.46. The first kappa shape index (κ1) is 13.1. The maximum atomic E-state index is 12.3. The van der Waals surface area contributed by atoms with E-state index in [1.165, 1.54) is 4.98 Å². The quantitative estimate of drug-likeness (QED) is 0.665. The van der Waals surface area contributed by atoms with E-state index >= 15 is 0 Å². The van der Waals surface area contributed by atoms with Gasteiger partial charge in [-0.05, 0) is 6.07 Å². The molecule has 0 aliphatic carbocycles. The third-order valence-electron chi connectivity index (χ3n) is 1.64. The van der Waals surface area contributed by atoms with Gasteiger partial charge in [-0.3, -0.25) is 9.59 Å². The number of hydrogen-bond acceptors (Lipinski definition) is 3. The highest BCUT2D eigenvalue weighted by atomic mass is 19.4. The van der Waals surface area contributed by atoms with E-state index in [0.29, 0.717) is 6.07 Å². The molecule has 0 amide bonds. The molecule has 94 valence electrons. The number of pyridine rings is 1. The molecule has 0 fully saturated rings. The fourth-order valence-corrected chi connectivity index (χ4v) is 1.02. The third kappa shape index (κ3) is 3.26. The van der Waals surface area contributed by atoms with Gasteiger partial charge in [0.25, 0.3) is 12.0 Å². The Morgan fingerprint density at radius 1 is 1.35 bits per heavy atom. The number of aromatic nitrogens is 1. The lowest BCUT2D eigenvalue weighted by atomic mass is 10.2. The molecular weight excluding hydrogens is 253 g/mol. The van der Waals surface area contributed by atoms with Crippen molar-refractivity contribution in [2.75, 3.05) is 0 Å². The van der Waals surface area contributed by atoms with Crippen LogP contribution in [0, 0.1) is 0 Å². The molecule has 0 unspecified atom stereocenters. The Hall–Kier alpha value is -1.93. The van der Waals surface area contributed by atoms with Crippen molar-refractivity contribution >= 4 is 6.29 Å². The maximum absolute atomic E-state index is 12.3. The molecule has 4 nitrogen and oxygen atoms in total. The van der Waals surface area contributed by atoms with Crippen molar-refractivity contribution in [2.24, 2.45) is 0 Å². The topological polar surface area (TPSA) is 59.2 Å². The van der Waals surface area contributed by atoms with Crippen LogP contribution < -0.4 is 10.3 Å². The second-order valence-electron chi connectivity index (χ2n) is 2.80. The summed E-state index contributed by atoms with van der Waals surface area (Å²) in [6.45, 7) is 0. The number of halogens is 5. The summed E-state index contributed by atoms with van der Waals surface area (Å²) in [6, 6.07) is 0.306. The number of aldehydes is 1. The van der Waals surface area contributed by atoms with Crippen LogP contribution >= 0.6 is 0 Å². The van der Waals surface area contributed by atoms with E-state index in [1.807, 2.05) is 0 Å². The standard InChI is InChI=1S/C8H4F5NO3/c9-6(10)5-3(2-15)1-4(7(16)14-5)17-8(11,12)13/h1-2,6H,(H,14,16). The lowest BCUT2D eigenvalue weighted by molar-refractivity contribution is -0.275. The molecule has 1 aromatic rings. The smallest absolute Gasteiger partial charge is 0.400 e. The molecule has 1 rings (SSSR count). The van der Waals surface area contributed by atoms with Crippen LogP contribution in [-0.4, -0.2) is 17.6 Å². The average molecular weight is 257 g/mol. The van der Waals surface area contributed by atoms with Gasteiger partial charge in [0.15, 0.2) is 12.0 Å². The first-order valence-electron chi connectivity index (χ1n) is 4.01. The van der Waals surface area contributed by atoms with Crippen molar-refractivity contribution in [3.8, 4) is 5.75 Å². The Balaban J connectivity index is 3.28. The van der Waals surface area contributed by atoms with Crippen LogP contribution in [0.2, 0.25) is 0 Å². The lowest BCUT2D eigenvalue weighted by Gasteiger charge is -2.10. The molecule has 1 N–H and O–H groups in total. The van der Waals surface area contributed by atoms with E-state index in [-0.39, 0.29) is 6.29 Å². The van der Waals surface area contributed by atoms with E-state index in [4.69, 9.17) is 0 Å². The number of carbonyl (C=O) groups excluding carboxylic acids is 1. The molecule has 0 bridgehead atoms. The van der Waals surface area contributed by atoms with Gasteiger partial charge in [-0.2, -0.15) is 0 Å². The molecule has 0 aliphatic rings. The predicted molar refractivity (Wildman–Crippen MR) is 44.1 cm³/mol. The van der Waals surface area contributed by atoms with Crippen molar-refractivity contribution in [1.82, 2.24) is 4.98 Å². The number of ether oxygens (including phenoxy) is 1. The molecule has 0 radical (unpaired) electrons. The summed E-state index contributed by atoms with van der Waals surface area (Å²) in [5, 5.41) is 0. The van der Waals surface area contributed by atoms with Crippen molar-refractivity contribution in [3.05, 3.63) is 27.7 Å². The Labute approximate surface area is 90.0 Å². The molecule has 1 aromatic heterocycles. The fraction of sp³-hybridized carbons (Fsp3) is 0.250. The minimum Gasteiger partial charge on any atom is -0.400 e. The van der Waals surface area contributed by atoms with Crippen LogP contribution in [0.25, 0.3) is 0 Å². The summed E-state index contributed by atoms with van der Waals surface area (Å²) in [5.41, 5.74) is -3.33. The molecule has 0 atom stereocenters. The predicted octanol–water partition coefficient (Wildman–Crippen LogP) is 2.02. The zero-order valence-electron chi connectivity index (χ0n) is 7.85. The highest BCUT2D eigenvalue weighted by Gasteiger charge is 2.33. The first-order valence-corrected chi connectivity index (χ1v) is 4.01. The number of carbonyl (C=O) groups is 1. The van der Waals surface area contributed by atoms with Crippen LogP contribution in [0.5, 0.6) is 5.75 Å². The Kier molecular flexibility index (Phi) is 3.49. The van der Waals surface area contributed by atoms with Crippen LogP contribution in [0.4, 0.5) is 22.0 Å². The molecule has 0 aromatic carbocycles. The number of rotatable bonds is 3. The van der Waals surface area contributed by atoms with Gasteiger partial charge in [-0.25, -0.2) is 8.78 Å². The van der Waals surface area contributed by atoms with Gasteiger partial charge >= 0.3 is 6.36 Å². The highest BCUT2D eigenvalue weighted by Crippen LogP contribution is 2.24. The van der Waals surface area contributed by atoms with E-state index in [2.05, 4.69) is 4.74 Å². The highest BCUT2D eigenvalue weighted by molar-refractivity contribution is 5.77. The molecular formula is C8H4F5NO3. The second-order valence-corrected chi connectivity index (χ2v) is 2.80. The van der Waals surface area contributed by atoms with Crippen LogP contribution in [0.3, 0.4) is 0 Å². The third-order valence-corrected chi connectivity index (χ3v) is 1.64. The molecule has 0 spiro atoms. The summed E-state index contributed by atoms with van der Waals surface area (Å²) >= 11 is 0. The molecule has 17 heavy (non-hydrogen) atoms. The van der Waals surface area contributed by atoms with Gasteiger partial charge in [0, 0.05) is 5.56 Å². The molecule has 0 saturated carbocycles. The lowest BCUT2D eigenvalue weighted by Crippen LogP contribution is -2.24. The largest absolute Gasteiger partial charge is 0.573 e. The molecule has 9 heteroatoms. The SMILES string of the molecule is O=Cc1cc(OC(F)(F)F)c(=O)[nH]c1C(F)F. The maximum Gasteiger partial charge on any atom is 0.573 e. The van der Waals surface area contributed by atoms with Gasteiger partial charge in [0.05, 0.1) is 5.69 Å². The van der Waals surface area contributed by atoms with E-state index < -0.39 is 35.4 Å². The monoisotopic (exact) mass is 257 g/mol. The van der Waals surface area contributed by atoms with Crippen LogP contribution in [0.15, 0.2) is 10.9 Å². The normalized spacial score (nSPS) is 11.6. The minimum atomic E-state index is -5.15. The number of hydrogen-bond donors (Lipinski definition) is 1. The van der Waals surface area contributed by atoms with Gasteiger partial charge < -0.3 is 9.72 Å². The van der Waals surface area contributed by atoms with Crippen molar-refractivity contribution < 1.29 is 31.5 Å². The summed E-state index contributed by atoms with van der Waals surface area (Å²) in [7, 11) is 0. The number of alkyl halides is 5. The van der Waals surface area contributed by atoms with Crippen LogP contribution in [0.1, 0.15) is 22.5 Å². The number of H-pyrrole nitrogens is 1. The van der Waals surface area contributed by atoms with Crippen LogP contribution in [-0.2, 0) is 0 Å². The summed E-state index contributed by atoms with van der Waals surface area (Å²) in [4.78, 5) is 22.8.